The fraction of sp³-hybridized carbons (Fsp3) is 0.533. The standard InChI is InChI=1S/C15H24N2O3/c1-5-12(17-10-15(18)16-6-2)11-7-8-13(19-3)14(9-11)20-4/h7-9,12,17H,5-6,10H2,1-4H3,(H,16,18). The number of nitrogens with one attached hydrogen (secondary N) is 2. The van der Waals surface area contributed by atoms with Gasteiger partial charge in [0, 0.05) is 12.6 Å². The van der Waals surface area contributed by atoms with E-state index in [1.807, 2.05) is 25.1 Å². The summed E-state index contributed by atoms with van der Waals surface area (Å²) in [5, 5.41) is 6.02. The Labute approximate surface area is 120 Å². The molecule has 0 fully saturated rings. The molecule has 0 saturated carbocycles. The number of likely N-dealkylation sites (N-methyl/N-ethyl adjacent to an activating group) is 1. The summed E-state index contributed by atoms with van der Waals surface area (Å²) >= 11 is 0. The maximum atomic E-state index is 11.5. The van der Waals surface area contributed by atoms with Crippen molar-refractivity contribution in [3.8, 4) is 11.5 Å². The molecule has 1 rings (SSSR count). The first kappa shape index (κ1) is 16.3. The van der Waals surface area contributed by atoms with Crippen LogP contribution in [0.1, 0.15) is 31.9 Å². The number of hydrogen-bond donors (Lipinski definition) is 2. The van der Waals surface area contributed by atoms with Gasteiger partial charge in [0.1, 0.15) is 0 Å². The third-order valence-corrected chi connectivity index (χ3v) is 3.10. The van der Waals surface area contributed by atoms with Crippen LogP contribution in [-0.2, 0) is 4.79 Å². The molecule has 0 radical (unpaired) electrons. The third-order valence-electron chi connectivity index (χ3n) is 3.10. The van der Waals surface area contributed by atoms with Gasteiger partial charge in [-0.2, -0.15) is 0 Å². The van der Waals surface area contributed by atoms with Crippen LogP contribution >= 0.6 is 0 Å². The summed E-state index contributed by atoms with van der Waals surface area (Å²) in [5.74, 6) is 1.41. The molecule has 5 nitrogen and oxygen atoms in total. The fourth-order valence-corrected chi connectivity index (χ4v) is 2.04. The van der Waals surface area contributed by atoms with Crippen LogP contribution in [0.4, 0.5) is 0 Å². The van der Waals surface area contributed by atoms with Crippen molar-refractivity contribution in [2.24, 2.45) is 0 Å². The Hall–Kier alpha value is -1.75. The summed E-state index contributed by atoms with van der Waals surface area (Å²) in [4.78, 5) is 11.5. The van der Waals surface area contributed by atoms with E-state index in [0.717, 1.165) is 12.0 Å². The molecule has 112 valence electrons. The lowest BCUT2D eigenvalue weighted by atomic mass is 10.0. The Morgan fingerprint density at radius 3 is 2.45 bits per heavy atom. The van der Waals surface area contributed by atoms with E-state index in [2.05, 4.69) is 17.6 Å². The second kappa shape index (κ2) is 8.43. The number of carbonyl (C=O) groups excluding carboxylic acids is 1. The summed E-state index contributed by atoms with van der Waals surface area (Å²) in [6, 6.07) is 5.92. The highest BCUT2D eigenvalue weighted by Gasteiger charge is 2.13. The number of carbonyl (C=O) groups is 1. The van der Waals surface area contributed by atoms with E-state index in [-0.39, 0.29) is 11.9 Å². The lowest BCUT2D eigenvalue weighted by Crippen LogP contribution is -2.35. The van der Waals surface area contributed by atoms with Gasteiger partial charge in [-0.15, -0.1) is 0 Å². The van der Waals surface area contributed by atoms with Crippen molar-refractivity contribution in [2.75, 3.05) is 27.3 Å². The topological polar surface area (TPSA) is 59.6 Å². The molecule has 1 aromatic rings. The molecule has 1 unspecified atom stereocenters. The van der Waals surface area contributed by atoms with E-state index in [9.17, 15) is 4.79 Å². The van der Waals surface area contributed by atoms with Crippen molar-refractivity contribution in [2.45, 2.75) is 26.3 Å². The number of rotatable bonds is 8. The van der Waals surface area contributed by atoms with E-state index in [1.54, 1.807) is 14.2 Å². The second-order valence-corrected chi connectivity index (χ2v) is 4.41. The lowest BCUT2D eigenvalue weighted by molar-refractivity contribution is -0.120. The first-order valence-electron chi connectivity index (χ1n) is 6.88. The maximum Gasteiger partial charge on any atom is 0.233 e. The minimum atomic E-state index is 0.00595. The SMILES string of the molecule is CCNC(=O)CNC(CC)c1ccc(OC)c(OC)c1. The molecule has 0 aliphatic rings. The summed E-state index contributed by atoms with van der Waals surface area (Å²) in [6.45, 7) is 4.93. The smallest absolute Gasteiger partial charge is 0.233 e. The molecule has 1 amide bonds. The van der Waals surface area contributed by atoms with Gasteiger partial charge in [-0.1, -0.05) is 13.0 Å². The Bertz CT molecular complexity index is 435. The molecule has 0 spiro atoms. The lowest BCUT2D eigenvalue weighted by Gasteiger charge is -2.18. The zero-order chi connectivity index (χ0) is 15.0. The fourth-order valence-electron chi connectivity index (χ4n) is 2.04. The third kappa shape index (κ3) is 4.42. The normalized spacial score (nSPS) is 11.8. The van der Waals surface area contributed by atoms with Crippen LogP contribution in [0.25, 0.3) is 0 Å². The number of benzene rings is 1. The highest BCUT2D eigenvalue weighted by molar-refractivity contribution is 5.77. The second-order valence-electron chi connectivity index (χ2n) is 4.41. The predicted molar refractivity (Wildman–Crippen MR) is 79.3 cm³/mol. The molecule has 20 heavy (non-hydrogen) atoms. The maximum absolute atomic E-state index is 11.5. The van der Waals surface area contributed by atoms with Crippen LogP contribution < -0.4 is 20.1 Å². The number of ether oxygens (including phenoxy) is 2. The first-order chi connectivity index (χ1) is 9.65. The molecule has 0 heterocycles. The molecule has 0 aliphatic carbocycles. The summed E-state index contributed by atoms with van der Waals surface area (Å²) in [5.41, 5.74) is 1.08. The molecule has 5 heteroatoms. The van der Waals surface area contributed by atoms with Gasteiger partial charge in [0.25, 0.3) is 0 Å². The molecule has 0 saturated heterocycles. The van der Waals surface area contributed by atoms with Gasteiger partial charge in [-0.25, -0.2) is 0 Å². The molecular formula is C15H24N2O3. The summed E-state index contributed by atoms with van der Waals surface area (Å²) in [6.07, 6.45) is 0.884. The van der Waals surface area contributed by atoms with Crippen molar-refractivity contribution < 1.29 is 14.3 Å². The largest absolute Gasteiger partial charge is 0.493 e. The molecule has 0 aliphatic heterocycles. The highest BCUT2D eigenvalue weighted by atomic mass is 16.5. The average Bonchev–Trinajstić information content (AvgIpc) is 2.47. The van der Waals surface area contributed by atoms with Crippen molar-refractivity contribution in [3.63, 3.8) is 0 Å². The predicted octanol–water partition coefficient (Wildman–Crippen LogP) is 1.88. The van der Waals surface area contributed by atoms with Gasteiger partial charge in [-0.3, -0.25) is 4.79 Å². The number of methoxy groups -OCH3 is 2. The Balaban J connectivity index is 2.76. The zero-order valence-electron chi connectivity index (χ0n) is 12.7. The highest BCUT2D eigenvalue weighted by Crippen LogP contribution is 2.30. The van der Waals surface area contributed by atoms with Gasteiger partial charge in [0.05, 0.1) is 20.8 Å². The minimum absolute atomic E-state index is 0.00595. The van der Waals surface area contributed by atoms with Crippen LogP contribution in [0.3, 0.4) is 0 Å². The Morgan fingerprint density at radius 2 is 1.90 bits per heavy atom. The van der Waals surface area contributed by atoms with Gasteiger partial charge >= 0.3 is 0 Å². The van der Waals surface area contributed by atoms with Crippen molar-refractivity contribution in [1.29, 1.82) is 0 Å². The minimum Gasteiger partial charge on any atom is -0.493 e. The van der Waals surface area contributed by atoms with Crippen LogP contribution in [-0.4, -0.2) is 33.2 Å². The van der Waals surface area contributed by atoms with E-state index >= 15 is 0 Å². The van der Waals surface area contributed by atoms with Gasteiger partial charge in [-0.05, 0) is 31.0 Å². The Morgan fingerprint density at radius 1 is 1.20 bits per heavy atom. The van der Waals surface area contributed by atoms with Crippen molar-refractivity contribution >= 4 is 5.91 Å². The number of amides is 1. The van der Waals surface area contributed by atoms with Crippen LogP contribution in [0.15, 0.2) is 18.2 Å². The van der Waals surface area contributed by atoms with Crippen LogP contribution in [0.2, 0.25) is 0 Å². The van der Waals surface area contributed by atoms with Crippen molar-refractivity contribution in [3.05, 3.63) is 23.8 Å². The van der Waals surface area contributed by atoms with Crippen LogP contribution in [0, 0.1) is 0 Å². The summed E-state index contributed by atoms with van der Waals surface area (Å²) < 4.78 is 10.5. The van der Waals surface area contributed by atoms with Gasteiger partial charge in [0.15, 0.2) is 11.5 Å². The Kier molecular flexibility index (Phi) is 6.87. The monoisotopic (exact) mass is 280 g/mol. The van der Waals surface area contributed by atoms with E-state index in [1.165, 1.54) is 0 Å². The quantitative estimate of drug-likeness (QED) is 0.763. The summed E-state index contributed by atoms with van der Waals surface area (Å²) in [7, 11) is 3.23. The molecule has 1 aromatic carbocycles. The van der Waals surface area contributed by atoms with Gasteiger partial charge in [0.2, 0.25) is 5.91 Å². The molecule has 0 bridgehead atoms. The molecule has 0 aromatic heterocycles. The number of hydrogen-bond acceptors (Lipinski definition) is 4. The molecule has 1 atom stereocenters. The molecule has 2 N–H and O–H groups in total. The average molecular weight is 280 g/mol. The van der Waals surface area contributed by atoms with E-state index in [0.29, 0.717) is 24.6 Å². The molecular weight excluding hydrogens is 256 g/mol. The van der Waals surface area contributed by atoms with E-state index < -0.39 is 0 Å². The van der Waals surface area contributed by atoms with Crippen LogP contribution in [0.5, 0.6) is 11.5 Å². The van der Waals surface area contributed by atoms with Crippen molar-refractivity contribution in [1.82, 2.24) is 10.6 Å². The first-order valence-corrected chi connectivity index (χ1v) is 6.88. The van der Waals surface area contributed by atoms with Gasteiger partial charge < -0.3 is 20.1 Å². The zero-order valence-corrected chi connectivity index (χ0v) is 12.7. The van der Waals surface area contributed by atoms with E-state index in [4.69, 9.17) is 9.47 Å².